The third-order valence-electron chi connectivity index (χ3n) is 4.75. The number of hydrogen-bond acceptors (Lipinski definition) is 2. The highest BCUT2D eigenvalue weighted by atomic mass is 32.2. The zero-order chi connectivity index (χ0) is 10.5. The van der Waals surface area contributed by atoms with E-state index in [-0.39, 0.29) is 0 Å². The summed E-state index contributed by atoms with van der Waals surface area (Å²) >= 11 is 7.66. The lowest BCUT2D eigenvalue weighted by Gasteiger charge is -2.56. The first-order valence-electron chi connectivity index (χ1n) is 6.39. The Bertz CT molecular complexity index is 247. The van der Waals surface area contributed by atoms with E-state index in [0.717, 1.165) is 17.8 Å². The highest BCUT2D eigenvalue weighted by molar-refractivity contribution is 8.23. The van der Waals surface area contributed by atoms with Crippen molar-refractivity contribution in [2.24, 2.45) is 23.2 Å². The lowest BCUT2D eigenvalue weighted by atomic mass is 9.50. The third kappa shape index (κ3) is 1.68. The van der Waals surface area contributed by atoms with Crippen LogP contribution < -0.4 is 0 Å². The first-order chi connectivity index (χ1) is 7.22. The summed E-state index contributed by atoms with van der Waals surface area (Å²) in [4.78, 5) is 0. The van der Waals surface area contributed by atoms with Gasteiger partial charge in [-0.05, 0) is 62.0 Å². The van der Waals surface area contributed by atoms with Gasteiger partial charge >= 0.3 is 0 Å². The molecule has 0 saturated heterocycles. The predicted octanol–water partition coefficient (Wildman–Crippen LogP) is 4.28. The van der Waals surface area contributed by atoms with Gasteiger partial charge in [-0.25, -0.2) is 0 Å². The fourth-order valence-corrected chi connectivity index (χ4v) is 6.07. The van der Waals surface area contributed by atoms with E-state index in [0.29, 0.717) is 5.41 Å². The first kappa shape index (κ1) is 10.6. The predicted molar refractivity (Wildman–Crippen MR) is 71.3 cm³/mol. The first-order valence-corrected chi connectivity index (χ1v) is 7.78. The second kappa shape index (κ2) is 3.73. The van der Waals surface area contributed by atoms with Crippen molar-refractivity contribution in [3.05, 3.63) is 0 Å². The van der Waals surface area contributed by atoms with Gasteiger partial charge in [-0.15, -0.1) is 11.8 Å². The molecule has 4 rings (SSSR count). The molecule has 84 valence electrons. The van der Waals surface area contributed by atoms with Gasteiger partial charge < -0.3 is 0 Å². The molecule has 0 aromatic rings. The van der Waals surface area contributed by atoms with Crippen molar-refractivity contribution in [1.29, 1.82) is 0 Å². The topological polar surface area (TPSA) is 0 Å². The molecule has 4 saturated carbocycles. The molecule has 4 bridgehead atoms. The van der Waals surface area contributed by atoms with Crippen LogP contribution in [-0.4, -0.2) is 9.95 Å². The minimum absolute atomic E-state index is 0.505. The van der Waals surface area contributed by atoms with E-state index >= 15 is 0 Å². The smallest absolute Gasteiger partial charge is 0.0540 e. The molecule has 0 amide bonds. The largest absolute Gasteiger partial charge is 0.119 e. The van der Waals surface area contributed by atoms with Crippen LogP contribution in [0.3, 0.4) is 0 Å². The summed E-state index contributed by atoms with van der Waals surface area (Å²) in [5.41, 5.74) is 0.505. The Morgan fingerprint density at radius 2 is 1.60 bits per heavy atom. The summed E-state index contributed by atoms with van der Waals surface area (Å²) in [5.74, 6) is 4.27. The minimum atomic E-state index is 0.505. The SMILES string of the molecule is CCSC(=S)C12CC3CC(CC(C3)C1)C2. The van der Waals surface area contributed by atoms with E-state index in [1.807, 2.05) is 11.8 Å². The fraction of sp³-hybridized carbons (Fsp3) is 0.923. The zero-order valence-corrected chi connectivity index (χ0v) is 11.1. The quantitative estimate of drug-likeness (QED) is 0.661. The summed E-state index contributed by atoms with van der Waals surface area (Å²) in [6.45, 7) is 2.23. The van der Waals surface area contributed by atoms with Crippen LogP contribution in [-0.2, 0) is 0 Å². The highest BCUT2D eigenvalue weighted by Gasteiger charge is 2.52. The van der Waals surface area contributed by atoms with Gasteiger partial charge in [0.2, 0.25) is 0 Å². The van der Waals surface area contributed by atoms with Crippen LogP contribution in [0.5, 0.6) is 0 Å². The molecule has 4 aliphatic rings. The third-order valence-corrected chi connectivity index (χ3v) is 6.52. The Kier molecular flexibility index (Phi) is 2.63. The van der Waals surface area contributed by atoms with Crippen LogP contribution in [0.2, 0.25) is 0 Å². The maximum absolute atomic E-state index is 5.71. The van der Waals surface area contributed by atoms with Crippen LogP contribution in [0.4, 0.5) is 0 Å². The van der Waals surface area contributed by atoms with E-state index in [4.69, 9.17) is 12.2 Å². The van der Waals surface area contributed by atoms with Crippen LogP contribution in [0.15, 0.2) is 0 Å². The van der Waals surface area contributed by atoms with Crippen molar-refractivity contribution in [1.82, 2.24) is 0 Å². The second-order valence-corrected chi connectivity index (χ2v) is 7.86. The Morgan fingerprint density at radius 1 is 1.13 bits per heavy atom. The lowest BCUT2D eigenvalue weighted by Crippen LogP contribution is -2.48. The second-order valence-electron chi connectivity index (χ2n) is 5.92. The summed E-state index contributed by atoms with van der Waals surface area (Å²) in [7, 11) is 0. The van der Waals surface area contributed by atoms with E-state index < -0.39 is 0 Å². The molecule has 0 aromatic carbocycles. The summed E-state index contributed by atoms with van der Waals surface area (Å²) < 4.78 is 1.36. The maximum atomic E-state index is 5.71. The fourth-order valence-electron chi connectivity index (χ4n) is 4.64. The molecule has 0 aliphatic heterocycles. The summed E-state index contributed by atoms with van der Waals surface area (Å²) in [6, 6.07) is 0. The number of rotatable bonds is 2. The van der Waals surface area contributed by atoms with Crippen molar-refractivity contribution in [2.45, 2.75) is 45.4 Å². The monoisotopic (exact) mass is 240 g/mol. The van der Waals surface area contributed by atoms with Crippen molar-refractivity contribution < 1.29 is 0 Å². The van der Waals surface area contributed by atoms with Gasteiger partial charge in [0.25, 0.3) is 0 Å². The molecule has 0 spiro atoms. The summed E-state index contributed by atoms with van der Waals surface area (Å²) in [5, 5.41) is 0. The van der Waals surface area contributed by atoms with Gasteiger partial charge in [0.05, 0.1) is 4.20 Å². The number of thiocarbonyl (C=S) groups is 1. The van der Waals surface area contributed by atoms with E-state index in [2.05, 4.69) is 6.92 Å². The van der Waals surface area contributed by atoms with Crippen molar-refractivity contribution in [2.75, 3.05) is 5.75 Å². The molecule has 0 nitrogen and oxygen atoms in total. The Morgan fingerprint density at radius 3 is 2.00 bits per heavy atom. The van der Waals surface area contributed by atoms with Crippen molar-refractivity contribution in [3.8, 4) is 0 Å². The van der Waals surface area contributed by atoms with Crippen LogP contribution in [0, 0.1) is 23.2 Å². The van der Waals surface area contributed by atoms with Crippen LogP contribution >= 0.6 is 24.0 Å². The molecule has 0 N–H and O–H groups in total. The van der Waals surface area contributed by atoms with Gasteiger partial charge in [-0.1, -0.05) is 19.1 Å². The molecule has 4 aliphatic carbocycles. The molecule has 0 aromatic heterocycles. The van der Waals surface area contributed by atoms with Gasteiger partial charge in [0.1, 0.15) is 0 Å². The molecule has 4 fully saturated rings. The molecule has 0 unspecified atom stereocenters. The molecule has 0 atom stereocenters. The molecule has 0 radical (unpaired) electrons. The minimum Gasteiger partial charge on any atom is -0.119 e. The highest BCUT2D eigenvalue weighted by Crippen LogP contribution is 2.61. The lowest BCUT2D eigenvalue weighted by molar-refractivity contribution is -0.00939. The number of thioether (sulfide) groups is 1. The van der Waals surface area contributed by atoms with Gasteiger partial charge in [-0.2, -0.15) is 0 Å². The zero-order valence-electron chi connectivity index (χ0n) is 9.50. The molecule has 15 heavy (non-hydrogen) atoms. The Hall–Kier alpha value is 0.440. The van der Waals surface area contributed by atoms with Crippen LogP contribution in [0.25, 0.3) is 0 Å². The Balaban J connectivity index is 1.83. The van der Waals surface area contributed by atoms with E-state index in [1.165, 1.54) is 48.5 Å². The standard InChI is InChI=1S/C13H20S2/c1-2-15-12(14)13-6-9-3-10(7-13)5-11(4-9)8-13/h9-11H,2-8H2,1H3. The van der Waals surface area contributed by atoms with Gasteiger partial charge in [-0.3, -0.25) is 0 Å². The average Bonchev–Trinajstić information content (AvgIpc) is 2.15. The van der Waals surface area contributed by atoms with E-state index in [9.17, 15) is 0 Å². The molecule has 0 heterocycles. The van der Waals surface area contributed by atoms with Crippen molar-refractivity contribution >= 4 is 28.2 Å². The maximum Gasteiger partial charge on any atom is 0.0540 e. The van der Waals surface area contributed by atoms with E-state index in [1.54, 1.807) is 0 Å². The molecule has 2 heteroatoms. The van der Waals surface area contributed by atoms with Crippen molar-refractivity contribution in [3.63, 3.8) is 0 Å². The normalized spacial score (nSPS) is 47.1. The molecular formula is C13H20S2. The number of hydrogen-bond donors (Lipinski definition) is 0. The average molecular weight is 240 g/mol. The van der Waals surface area contributed by atoms with Gasteiger partial charge in [0, 0.05) is 5.41 Å². The van der Waals surface area contributed by atoms with Gasteiger partial charge in [0.15, 0.2) is 0 Å². The summed E-state index contributed by atoms with van der Waals surface area (Å²) in [6.07, 6.45) is 8.89. The Labute approximate surface area is 103 Å². The van der Waals surface area contributed by atoms with Crippen LogP contribution in [0.1, 0.15) is 45.4 Å². The molecular weight excluding hydrogens is 220 g/mol.